The topological polar surface area (TPSA) is 79.5 Å². The third-order valence-corrected chi connectivity index (χ3v) is 4.47. The number of rotatable bonds is 3. The molecule has 1 aliphatic rings. The van der Waals surface area contributed by atoms with Gasteiger partial charge in [-0.25, -0.2) is 0 Å². The minimum Gasteiger partial charge on any atom is -0.421 e. The Hall–Kier alpha value is -2.21. The van der Waals surface area contributed by atoms with Crippen LogP contribution < -0.4 is 0 Å². The lowest BCUT2D eigenvalue weighted by atomic mass is 9.90. The lowest BCUT2D eigenvalue weighted by Crippen LogP contribution is -2.49. The fourth-order valence-corrected chi connectivity index (χ4v) is 3.11. The van der Waals surface area contributed by atoms with Crippen LogP contribution in [0.3, 0.4) is 0 Å². The lowest BCUT2D eigenvalue weighted by molar-refractivity contribution is 0.0358. The van der Waals surface area contributed by atoms with Gasteiger partial charge in [-0.1, -0.05) is 6.92 Å². The summed E-state index contributed by atoms with van der Waals surface area (Å²) in [4.78, 5) is 14.5. The van der Waals surface area contributed by atoms with Crippen molar-refractivity contribution in [1.29, 1.82) is 0 Å². The molecular formula is C17H21N3O3. The van der Waals surface area contributed by atoms with E-state index in [1.807, 2.05) is 12.1 Å². The van der Waals surface area contributed by atoms with E-state index in [0.29, 0.717) is 29.8 Å². The SMILES string of the molecule is Cc1nnc(-c2ccc(C(=O)N3CCCC(C)C3CO)cc2)o1. The van der Waals surface area contributed by atoms with Crippen LogP contribution in [0.15, 0.2) is 28.7 Å². The number of aryl methyl sites for hydroxylation is 1. The van der Waals surface area contributed by atoms with E-state index in [1.54, 1.807) is 24.0 Å². The van der Waals surface area contributed by atoms with E-state index in [-0.39, 0.29) is 18.6 Å². The molecule has 0 bridgehead atoms. The normalized spacial score (nSPS) is 21.4. The molecule has 6 nitrogen and oxygen atoms in total. The Morgan fingerprint density at radius 2 is 2.09 bits per heavy atom. The maximum Gasteiger partial charge on any atom is 0.254 e. The van der Waals surface area contributed by atoms with Gasteiger partial charge in [-0.3, -0.25) is 4.79 Å². The smallest absolute Gasteiger partial charge is 0.254 e. The standard InChI is InChI=1S/C17H21N3O3/c1-11-4-3-9-20(15(11)10-21)17(22)14-7-5-13(6-8-14)16-19-18-12(2)23-16/h5-8,11,15,21H,3-4,9-10H2,1-2H3. The van der Waals surface area contributed by atoms with E-state index in [9.17, 15) is 9.90 Å². The van der Waals surface area contributed by atoms with Crippen molar-refractivity contribution in [1.82, 2.24) is 15.1 Å². The van der Waals surface area contributed by atoms with Gasteiger partial charge in [0.15, 0.2) is 0 Å². The van der Waals surface area contributed by atoms with Crippen LogP contribution >= 0.6 is 0 Å². The van der Waals surface area contributed by atoms with Crippen LogP contribution in [0.4, 0.5) is 0 Å². The Bertz CT molecular complexity index is 681. The zero-order valence-electron chi connectivity index (χ0n) is 13.4. The zero-order valence-corrected chi connectivity index (χ0v) is 13.4. The number of likely N-dealkylation sites (tertiary alicyclic amines) is 1. The summed E-state index contributed by atoms with van der Waals surface area (Å²) >= 11 is 0. The second-order valence-electron chi connectivity index (χ2n) is 6.07. The van der Waals surface area contributed by atoms with Crippen LogP contribution in [-0.2, 0) is 0 Å². The number of aromatic nitrogens is 2. The van der Waals surface area contributed by atoms with Gasteiger partial charge in [0, 0.05) is 24.6 Å². The molecule has 1 aliphatic heterocycles. The summed E-state index contributed by atoms with van der Waals surface area (Å²) in [6.45, 7) is 4.52. The van der Waals surface area contributed by atoms with Crippen LogP contribution in [0.1, 0.15) is 36.0 Å². The fourth-order valence-electron chi connectivity index (χ4n) is 3.11. The Morgan fingerprint density at radius 3 is 2.70 bits per heavy atom. The van der Waals surface area contributed by atoms with Crippen molar-refractivity contribution in [3.05, 3.63) is 35.7 Å². The van der Waals surface area contributed by atoms with Crippen molar-refractivity contribution < 1.29 is 14.3 Å². The Labute approximate surface area is 135 Å². The van der Waals surface area contributed by atoms with Crippen LogP contribution in [-0.4, -0.2) is 45.3 Å². The molecule has 2 atom stereocenters. The predicted octanol–water partition coefficient (Wildman–Crippen LogP) is 2.28. The van der Waals surface area contributed by atoms with Crippen molar-refractivity contribution in [2.75, 3.05) is 13.2 Å². The van der Waals surface area contributed by atoms with Crippen LogP contribution in [0.25, 0.3) is 11.5 Å². The predicted molar refractivity (Wildman–Crippen MR) is 84.8 cm³/mol. The molecular weight excluding hydrogens is 294 g/mol. The fraction of sp³-hybridized carbons (Fsp3) is 0.471. The van der Waals surface area contributed by atoms with Gasteiger partial charge in [-0.2, -0.15) is 0 Å². The number of benzene rings is 1. The van der Waals surface area contributed by atoms with E-state index in [0.717, 1.165) is 18.4 Å². The summed E-state index contributed by atoms with van der Waals surface area (Å²) in [5.74, 6) is 1.23. The number of piperidine rings is 1. The van der Waals surface area contributed by atoms with E-state index in [4.69, 9.17) is 4.42 Å². The first kappa shape index (κ1) is 15.7. The summed E-state index contributed by atoms with van der Waals surface area (Å²) in [5, 5.41) is 17.4. The summed E-state index contributed by atoms with van der Waals surface area (Å²) in [5.41, 5.74) is 1.39. The molecule has 2 heterocycles. The first-order valence-electron chi connectivity index (χ1n) is 7.92. The van der Waals surface area contributed by atoms with Gasteiger partial charge < -0.3 is 14.4 Å². The molecule has 2 aromatic rings. The van der Waals surface area contributed by atoms with Gasteiger partial charge in [0.05, 0.1) is 12.6 Å². The highest BCUT2D eigenvalue weighted by Crippen LogP contribution is 2.25. The molecule has 1 amide bonds. The molecule has 122 valence electrons. The highest BCUT2D eigenvalue weighted by molar-refractivity contribution is 5.95. The Morgan fingerprint density at radius 1 is 1.35 bits per heavy atom. The van der Waals surface area contributed by atoms with Gasteiger partial charge in [-0.15, -0.1) is 10.2 Å². The first-order valence-corrected chi connectivity index (χ1v) is 7.92. The van der Waals surface area contributed by atoms with E-state index in [2.05, 4.69) is 17.1 Å². The lowest BCUT2D eigenvalue weighted by Gasteiger charge is -2.39. The second kappa shape index (κ2) is 6.50. The summed E-state index contributed by atoms with van der Waals surface area (Å²) in [6.07, 6.45) is 2.02. The molecule has 23 heavy (non-hydrogen) atoms. The zero-order chi connectivity index (χ0) is 16.4. The molecule has 1 aromatic carbocycles. The average Bonchev–Trinajstić information content (AvgIpc) is 3.00. The Kier molecular flexibility index (Phi) is 4.43. The number of carbonyl (C=O) groups is 1. The molecule has 2 unspecified atom stereocenters. The molecule has 1 saturated heterocycles. The third kappa shape index (κ3) is 3.12. The average molecular weight is 315 g/mol. The number of amides is 1. The van der Waals surface area contributed by atoms with E-state index >= 15 is 0 Å². The highest BCUT2D eigenvalue weighted by Gasteiger charge is 2.31. The van der Waals surface area contributed by atoms with Crippen molar-refractivity contribution in [3.8, 4) is 11.5 Å². The monoisotopic (exact) mass is 315 g/mol. The van der Waals surface area contributed by atoms with Gasteiger partial charge >= 0.3 is 0 Å². The largest absolute Gasteiger partial charge is 0.421 e. The number of hydrogen-bond acceptors (Lipinski definition) is 5. The van der Waals surface area contributed by atoms with Crippen LogP contribution in [0, 0.1) is 12.8 Å². The third-order valence-electron chi connectivity index (χ3n) is 4.47. The van der Waals surface area contributed by atoms with Crippen LogP contribution in [0.5, 0.6) is 0 Å². The number of nitrogens with zero attached hydrogens (tertiary/aromatic N) is 3. The molecule has 1 fully saturated rings. The van der Waals surface area contributed by atoms with E-state index < -0.39 is 0 Å². The quantitative estimate of drug-likeness (QED) is 0.940. The molecule has 0 radical (unpaired) electrons. The molecule has 0 aliphatic carbocycles. The number of aliphatic hydroxyl groups is 1. The van der Waals surface area contributed by atoms with Crippen molar-refractivity contribution in [2.45, 2.75) is 32.7 Å². The van der Waals surface area contributed by atoms with Crippen molar-refractivity contribution >= 4 is 5.91 Å². The van der Waals surface area contributed by atoms with Crippen LogP contribution in [0.2, 0.25) is 0 Å². The number of carbonyl (C=O) groups excluding carboxylic acids is 1. The van der Waals surface area contributed by atoms with Gasteiger partial charge in [0.25, 0.3) is 5.91 Å². The van der Waals surface area contributed by atoms with Crippen molar-refractivity contribution in [2.24, 2.45) is 5.92 Å². The molecule has 6 heteroatoms. The summed E-state index contributed by atoms with van der Waals surface area (Å²) in [7, 11) is 0. The minimum absolute atomic E-state index is 0.00620. The maximum absolute atomic E-state index is 12.7. The highest BCUT2D eigenvalue weighted by atomic mass is 16.4. The molecule has 0 spiro atoms. The molecule has 3 rings (SSSR count). The molecule has 1 N–H and O–H groups in total. The number of aliphatic hydroxyl groups excluding tert-OH is 1. The van der Waals surface area contributed by atoms with Gasteiger partial charge in [0.2, 0.25) is 11.8 Å². The summed E-state index contributed by atoms with van der Waals surface area (Å²) in [6, 6.07) is 7.05. The maximum atomic E-state index is 12.7. The van der Waals surface area contributed by atoms with Crippen molar-refractivity contribution in [3.63, 3.8) is 0 Å². The number of hydrogen-bond donors (Lipinski definition) is 1. The second-order valence-corrected chi connectivity index (χ2v) is 6.07. The minimum atomic E-state index is -0.102. The Balaban J connectivity index is 1.79. The van der Waals surface area contributed by atoms with Gasteiger partial charge in [-0.05, 0) is 43.0 Å². The summed E-state index contributed by atoms with van der Waals surface area (Å²) < 4.78 is 5.38. The first-order chi connectivity index (χ1) is 11.1. The molecule has 0 saturated carbocycles. The molecule has 1 aromatic heterocycles. The van der Waals surface area contributed by atoms with Gasteiger partial charge in [0.1, 0.15) is 0 Å². The van der Waals surface area contributed by atoms with E-state index in [1.165, 1.54) is 0 Å².